The summed E-state index contributed by atoms with van der Waals surface area (Å²) in [5.74, 6) is -0.190. The van der Waals surface area contributed by atoms with Crippen molar-refractivity contribution in [2.45, 2.75) is 32.5 Å². The van der Waals surface area contributed by atoms with Crippen LogP contribution in [-0.2, 0) is 13.1 Å². The number of rotatable bonds is 6. The Morgan fingerprint density at radius 2 is 1.60 bits per heavy atom. The first-order valence-corrected chi connectivity index (χ1v) is 9.01. The van der Waals surface area contributed by atoms with E-state index in [1.54, 1.807) is 0 Å². The van der Waals surface area contributed by atoms with Gasteiger partial charge >= 0.3 is 0 Å². The lowest BCUT2D eigenvalue weighted by molar-refractivity contribution is 0.0500. The maximum Gasteiger partial charge on any atom is 0.123 e. The van der Waals surface area contributed by atoms with Crippen LogP contribution >= 0.6 is 0 Å². The largest absolute Gasteiger partial charge is 0.396 e. The summed E-state index contributed by atoms with van der Waals surface area (Å²) in [6.45, 7) is 6.98. The number of benzene rings is 2. The molecule has 1 N–H and O–H groups in total. The van der Waals surface area contributed by atoms with Crippen LogP contribution in [0.2, 0.25) is 0 Å². The molecular weight excluding hydrogens is 315 g/mol. The van der Waals surface area contributed by atoms with Gasteiger partial charge in [-0.3, -0.25) is 9.80 Å². The van der Waals surface area contributed by atoms with E-state index in [0.29, 0.717) is 6.04 Å². The van der Waals surface area contributed by atoms with Crippen molar-refractivity contribution in [3.05, 3.63) is 71.0 Å². The molecule has 1 saturated heterocycles. The summed E-state index contributed by atoms with van der Waals surface area (Å²) < 4.78 is 13.1. The Hall–Kier alpha value is -1.75. The van der Waals surface area contributed by atoms with E-state index in [4.69, 9.17) is 0 Å². The van der Waals surface area contributed by atoms with Crippen molar-refractivity contribution >= 4 is 0 Å². The molecule has 1 atom stereocenters. The molecule has 0 bridgehead atoms. The highest BCUT2D eigenvalue weighted by atomic mass is 19.1. The quantitative estimate of drug-likeness (QED) is 0.873. The van der Waals surface area contributed by atoms with Gasteiger partial charge in [0.25, 0.3) is 0 Å². The second-order valence-electron chi connectivity index (χ2n) is 6.98. The molecule has 0 amide bonds. The zero-order chi connectivity index (χ0) is 17.6. The Morgan fingerprint density at radius 1 is 0.960 bits per heavy atom. The van der Waals surface area contributed by atoms with Gasteiger partial charge in [-0.1, -0.05) is 42.0 Å². The van der Waals surface area contributed by atoms with Crippen molar-refractivity contribution in [1.82, 2.24) is 9.80 Å². The molecule has 1 aliphatic heterocycles. The maximum atomic E-state index is 13.1. The molecule has 3 rings (SSSR count). The second kappa shape index (κ2) is 8.56. The Labute approximate surface area is 149 Å². The van der Waals surface area contributed by atoms with Gasteiger partial charge in [0.2, 0.25) is 0 Å². The van der Waals surface area contributed by atoms with E-state index in [0.717, 1.165) is 44.7 Å². The van der Waals surface area contributed by atoms with E-state index in [1.807, 2.05) is 12.1 Å². The second-order valence-corrected chi connectivity index (χ2v) is 6.98. The number of hydrogen-bond acceptors (Lipinski definition) is 3. The molecule has 4 heteroatoms. The Bertz CT molecular complexity index is 657. The van der Waals surface area contributed by atoms with Crippen LogP contribution in [0.1, 0.15) is 23.1 Å². The third-order valence-electron chi connectivity index (χ3n) is 4.98. The summed E-state index contributed by atoms with van der Waals surface area (Å²) in [4.78, 5) is 4.88. The standard InChI is InChI=1S/C21H27FN2O/c1-17-2-4-19(5-3-17)15-24-12-11-23(16-21(24)10-13-25)14-18-6-8-20(22)9-7-18/h2-9,21,25H,10-16H2,1H3/t21-/m0/s1. The van der Waals surface area contributed by atoms with Crippen LogP contribution in [0.5, 0.6) is 0 Å². The lowest BCUT2D eigenvalue weighted by atomic mass is 10.1. The summed E-state index contributed by atoms with van der Waals surface area (Å²) in [5, 5.41) is 9.46. The van der Waals surface area contributed by atoms with Gasteiger partial charge in [-0.05, 0) is 36.6 Å². The van der Waals surface area contributed by atoms with Gasteiger partial charge in [0.1, 0.15) is 5.82 Å². The van der Waals surface area contributed by atoms with Gasteiger partial charge in [0.15, 0.2) is 0 Å². The van der Waals surface area contributed by atoms with Crippen molar-refractivity contribution in [3.63, 3.8) is 0 Å². The normalized spacial score (nSPS) is 19.2. The van der Waals surface area contributed by atoms with Gasteiger partial charge < -0.3 is 5.11 Å². The van der Waals surface area contributed by atoms with Crippen LogP contribution < -0.4 is 0 Å². The van der Waals surface area contributed by atoms with Crippen LogP contribution in [0.25, 0.3) is 0 Å². The Morgan fingerprint density at radius 3 is 2.28 bits per heavy atom. The first-order valence-electron chi connectivity index (χ1n) is 9.01. The number of halogens is 1. The predicted molar refractivity (Wildman–Crippen MR) is 98.8 cm³/mol. The highest BCUT2D eigenvalue weighted by molar-refractivity contribution is 5.21. The maximum absolute atomic E-state index is 13.1. The molecule has 0 aliphatic carbocycles. The minimum absolute atomic E-state index is 0.190. The van der Waals surface area contributed by atoms with Crippen LogP contribution in [0.4, 0.5) is 4.39 Å². The molecule has 0 spiro atoms. The van der Waals surface area contributed by atoms with Crippen molar-refractivity contribution in [3.8, 4) is 0 Å². The third kappa shape index (κ3) is 5.11. The fraction of sp³-hybridized carbons (Fsp3) is 0.429. The zero-order valence-corrected chi connectivity index (χ0v) is 14.9. The van der Waals surface area contributed by atoms with Crippen LogP contribution in [-0.4, -0.2) is 47.2 Å². The lowest BCUT2D eigenvalue weighted by Crippen LogP contribution is -2.52. The predicted octanol–water partition coefficient (Wildman–Crippen LogP) is 3.20. The summed E-state index contributed by atoms with van der Waals surface area (Å²) in [5.41, 5.74) is 3.73. The van der Waals surface area contributed by atoms with Crippen LogP contribution in [0.15, 0.2) is 48.5 Å². The first kappa shape index (κ1) is 18.1. The van der Waals surface area contributed by atoms with E-state index in [2.05, 4.69) is 41.0 Å². The third-order valence-corrected chi connectivity index (χ3v) is 4.98. The number of aliphatic hydroxyl groups is 1. The van der Waals surface area contributed by atoms with Gasteiger partial charge in [-0.15, -0.1) is 0 Å². The summed E-state index contributed by atoms with van der Waals surface area (Å²) in [6, 6.07) is 15.8. The molecule has 1 heterocycles. The highest BCUT2D eigenvalue weighted by Gasteiger charge is 2.26. The number of hydrogen-bond donors (Lipinski definition) is 1. The van der Waals surface area contributed by atoms with Crippen LogP contribution in [0, 0.1) is 12.7 Å². The van der Waals surface area contributed by atoms with Crippen molar-refractivity contribution in [2.75, 3.05) is 26.2 Å². The highest BCUT2D eigenvalue weighted by Crippen LogP contribution is 2.19. The first-order chi connectivity index (χ1) is 12.1. The fourth-order valence-corrected chi connectivity index (χ4v) is 3.51. The molecule has 3 nitrogen and oxygen atoms in total. The molecule has 0 aromatic heterocycles. The van der Waals surface area contributed by atoms with Gasteiger partial charge in [0, 0.05) is 45.4 Å². The van der Waals surface area contributed by atoms with Gasteiger partial charge in [0.05, 0.1) is 0 Å². The molecule has 134 valence electrons. The van der Waals surface area contributed by atoms with Crippen molar-refractivity contribution in [1.29, 1.82) is 0 Å². The Balaban J connectivity index is 1.61. The molecule has 0 radical (unpaired) electrons. The van der Waals surface area contributed by atoms with E-state index >= 15 is 0 Å². The van der Waals surface area contributed by atoms with Gasteiger partial charge in [-0.2, -0.15) is 0 Å². The summed E-state index contributed by atoms with van der Waals surface area (Å²) in [7, 11) is 0. The number of piperazine rings is 1. The summed E-state index contributed by atoms with van der Waals surface area (Å²) in [6.07, 6.45) is 0.784. The van der Waals surface area contributed by atoms with E-state index < -0.39 is 0 Å². The van der Waals surface area contributed by atoms with E-state index in [-0.39, 0.29) is 12.4 Å². The van der Waals surface area contributed by atoms with Crippen LogP contribution in [0.3, 0.4) is 0 Å². The van der Waals surface area contributed by atoms with E-state index in [9.17, 15) is 9.50 Å². The molecular formula is C21H27FN2O. The molecule has 0 saturated carbocycles. The molecule has 0 unspecified atom stereocenters. The fourth-order valence-electron chi connectivity index (χ4n) is 3.51. The SMILES string of the molecule is Cc1ccc(CN2CCN(Cc3ccc(F)cc3)C[C@@H]2CCO)cc1. The smallest absolute Gasteiger partial charge is 0.123 e. The minimum Gasteiger partial charge on any atom is -0.396 e. The van der Waals surface area contributed by atoms with Crippen molar-refractivity contribution in [2.24, 2.45) is 0 Å². The molecule has 2 aromatic rings. The number of aliphatic hydroxyl groups excluding tert-OH is 1. The monoisotopic (exact) mass is 342 g/mol. The summed E-state index contributed by atoms with van der Waals surface area (Å²) >= 11 is 0. The molecule has 25 heavy (non-hydrogen) atoms. The average molecular weight is 342 g/mol. The number of nitrogens with zero attached hydrogens (tertiary/aromatic N) is 2. The minimum atomic E-state index is -0.190. The molecule has 1 aliphatic rings. The van der Waals surface area contributed by atoms with Crippen molar-refractivity contribution < 1.29 is 9.50 Å². The van der Waals surface area contributed by atoms with Gasteiger partial charge in [-0.25, -0.2) is 4.39 Å². The zero-order valence-electron chi connectivity index (χ0n) is 14.9. The molecule has 1 fully saturated rings. The Kier molecular flexibility index (Phi) is 6.19. The molecule has 2 aromatic carbocycles. The topological polar surface area (TPSA) is 26.7 Å². The number of aryl methyl sites for hydroxylation is 1. The average Bonchev–Trinajstić information content (AvgIpc) is 2.61. The lowest BCUT2D eigenvalue weighted by Gasteiger charge is -2.41. The van der Waals surface area contributed by atoms with E-state index in [1.165, 1.54) is 23.3 Å².